The lowest BCUT2D eigenvalue weighted by molar-refractivity contribution is -0.144. The number of amides is 4. The molecule has 0 unspecified atom stereocenters. The molecule has 0 spiro atoms. The summed E-state index contributed by atoms with van der Waals surface area (Å²) in [5.41, 5.74) is 0.00596. The Labute approximate surface area is 192 Å². The predicted octanol–water partition coefficient (Wildman–Crippen LogP) is 1.63. The molecule has 2 heterocycles. The molecule has 0 aromatic heterocycles. The Balaban J connectivity index is 2.21. The zero-order valence-electron chi connectivity index (χ0n) is 18.0. The van der Waals surface area contributed by atoms with Crippen molar-refractivity contribution in [1.82, 2.24) is 19.6 Å². The van der Waals surface area contributed by atoms with Gasteiger partial charge in [0.1, 0.15) is 11.5 Å². The van der Waals surface area contributed by atoms with Crippen LogP contribution in [0, 0.1) is 5.92 Å². The van der Waals surface area contributed by atoms with Crippen molar-refractivity contribution in [2.24, 2.45) is 5.92 Å². The van der Waals surface area contributed by atoms with E-state index >= 15 is 0 Å². The van der Waals surface area contributed by atoms with Crippen LogP contribution in [0.3, 0.4) is 0 Å². The van der Waals surface area contributed by atoms with Gasteiger partial charge in [-0.3, -0.25) is 38.8 Å². The van der Waals surface area contributed by atoms with Crippen molar-refractivity contribution in [1.29, 1.82) is 0 Å². The third-order valence-electron chi connectivity index (χ3n) is 4.99. The number of nitrogens with zero attached hydrogens (tertiary/aromatic N) is 4. The summed E-state index contributed by atoms with van der Waals surface area (Å²) in [4.78, 5) is 55.9. The van der Waals surface area contributed by atoms with Gasteiger partial charge in [-0.25, -0.2) is 0 Å². The summed E-state index contributed by atoms with van der Waals surface area (Å²) >= 11 is 10.5. The van der Waals surface area contributed by atoms with Crippen molar-refractivity contribution in [2.75, 3.05) is 26.2 Å². The second-order valence-corrected chi connectivity index (χ2v) is 7.39. The molecular weight excluding hydrogens is 436 g/mol. The highest BCUT2D eigenvalue weighted by atomic mass is 32.1. The number of likely N-dealkylation sites (N-methyl/N-ethyl adjacent to an activating group) is 2. The molecule has 0 atom stereocenters. The maximum atomic E-state index is 12.6. The second kappa shape index (κ2) is 10.5. The molecule has 2 fully saturated rings. The van der Waals surface area contributed by atoms with Gasteiger partial charge in [0.2, 0.25) is 11.8 Å². The molecule has 31 heavy (non-hydrogen) atoms. The summed E-state index contributed by atoms with van der Waals surface area (Å²) in [5.74, 6) is -2.59. The summed E-state index contributed by atoms with van der Waals surface area (Å²) in [6, 6.07) is 0. The van der Waals surface area contributed by atoms with Crippen LogP contribution in [0.15, 0.2) is 36.0 Å². The largest absolute Gasteiger partial charge is 0.288 e. The third-order valence-corrected chi connectivity index (χ3v) is 5.87. The number of thiocarbonyl (C=S) groups is 2. The smallest absolute Gasteiger partial charge is 0.265 e. The summed E-state index contributed by atoms with van der Waals surface area (Å²) < 4.78 is 0. The molecule has 2 saturated heterocycles. The summed E-state index contributed by atoms with van der Waals surface area (Å²) in [6.07, 6.45) is 7.54. The second-order valence-electron chi connectivity index (χ2n) is 6.66. The van der Waals surface area contributed by atoms with Gasteiger partial charge in [0.05, 0.1) is 0 Å². The van der Waals surface area contributed by atoms with E-state index in [0.717, 1.165) is 0 Å². The standard InChI is InChI=1S/C21H26N4O4S2/c1-5-22-16(26)14(17(27)23(6-2)20(22)30)12-10-9-11-13-15-18(28)24(7-3)21(31)25(8-4)19(15)29/h9-14H,5-8H2,1-4H3/b11-9+,12-10+. The first-order chi connectivity index (χ1) is 14.7. The van der Waals surface area contributed by atoms with Crippen LogP contribution in [-0.2, 0) is 19.2 Å². The maximum Gasteiger partial charge on any atom is 0.265 e. The van der Waals surface area contributed by atoms with Gasteiger partial charge in [-0.15, -0.1) is 0 Å². The quantitative estimate of drug-likeness (QED) is 0.188. The normalized spacial score (nSPS) is 19.2. The molecule has 10 heteroatoms. The lowest BCUT2D eigenvalue weighted by Crippen LogP contribution is -2.58. The third kappa shape index (κ3) is 4.64. The Kier molecular flexibility index (Phi) is 8.35. The topological polar surface area (TPSA) is 81.2 Å². The first-order valence-corrected chi connectivity index (χ1v) is 11.0. The van der Waals surface area contributed by atoms with Crippen LogP contribution in [0.1, 0.15) is 27.7 Å². The fourth-order valence-corrected chi connectivity index (χ4v) is 4.18. The predicted molar refractivity (Wildman–Crippen MR) is 125 cm³/mol. The minimum Gasteiger partial charge on any atom is -0.288 e. The highest BCUT2D eigenvalue weighted by Gasteiger charge is 2.41. The van der Waals surface area contributed by atoms with Gasteiger partial charge in [0.25, 0.3) is 11.8 Å². The van der Waals surface area contributed by atoms with Crippen molar-refractivity contribution in [3.63, 3.8) is 0 Å². The first kappa shape index (κ1) is 24.5. The van der Waals surface area contributed by atoms with Crippen LogP contribution >= 0.6 is 24.4 Å². The molecule has 8 nitrogen and oxygen atoms in total. The van der Waals surface area contributed by atoms with Gasteiger partial charge < -0.3 is 0 Å². The first-order valence-electron chi connectivity index (χ1n) is 10.1. The Morgan fingerprint density at radius 2 is 1.10 bits per heavy atom. The van der Waals surface area contributed by atoms with Crippen molar-refractivity contribution in [3.05, 3.63) is 36.0 Å². The van der Waals surface area contributed by atoms with Crippen molar-refractivity contribution < 1.29 is 19.2 Å². The molecule has 0 aliphatic carbocycles. The van der Waals surface area contributed by atoms with Crippen LogP contribution in [0.2, 0.25) is 0 Å². The molecule has 2 aliphatic heterocycles. The monoisotopic (exact) mass is 462 g/mol. The van der Waals surface area contributed by atoms with Gasteiger partial charge in [0, 0.05) is 26.2 Å². The Morgan fingerprint density at radius 1 is 0.677 bits per heavy atom. The van der Waals surface area contributed by atoms with Crippen molar-refractivity contribution >= 4 is 58.3 Å². The van der Waals surface area contributed by atoms with Crippen molar-refractivity contribution in [3.8, 4) is 0 Å². The van der Waals surface area contributed by atoms with E-state index in [4.69, 9.17) is 24.4 Å². The fraction of sp³-hybridized carbons (Fsp3) is 0.429. The number of rotatable bonds is 7. The molecule has 0 bridgehead atoms. The number of carbonyl (C=O) groups is 4. The number of hydrogen-bond donors (Lipinski definition) is 0. The highest BCUT2D eigenvalue weighted by Crippen LogP contribution is 2.20. The number of allylic oxidation sites excluding steroid dienone is 4. The Morgan fingerprint density at radius 3 is 1.52 bits per heavy atom. The van der Waals surface area contributed by atoms with E-state index in [1.165, 1.54) is 37.8 Å². The molecule has 0 N–H and O–H groups in total. The zero-order chi connectivity index (χ0) is 23.3. The van der Waals surface area contributed by atoms with Crippen LogP contribution in [-0.4, -0.2) is 79.6 Å². The molecule has 0 aromatic carbocycles. The van der Waals surface area contributed by atoms with Crippen LogP contribution in [0.25, 0.3) is 0 Å². The Hall–Kier alpha value is -2.72. The van der Waals surface area contributed by atoms with Crippen molar-refractivity contribution in [2.45, 2.75) is 27.7 Å². The van der Waals surface area contributed by atoms with Crippen LogP contribution in [0.4, 0.5) is 0 Å². The van der Waals surface area contributed by atoms with Gasteiger partial charge in [-0.2, -0.15) is 0 Å². The molecule has 2 aliphatic rings. The average Bonchev–Trinajstić information content (AvgIpc) is 2.73. The summed E-state index contributed by atoms with van der Waals surface area (Å²) in [7, 11) is 0. The number of hydrogen-bond acceptors (Lipinski definition) is 6. The molecule has 0 saturated carbocycles. The van der Waals surface area contributed by atoms with Crippen LogP contribution < -0.4 is 0 Å². The SMILES string of the molecule is CCN1C(=O)C(=C/C=C/C=C/C2C(=O)N(CC)C(=S)N(CC)C2=O)C(=O)N(CC)C1=S. The molecule has 0 aromatic rings. The van der Waals surface area contributed by atoms with Gasteiger partial charge in [-0.1, -0.05) is 24.3 Å². The highest BCUT2D eigenvalue weighted by molar-refractivity contribution is 7.80. The molecular formula is C21H26N4O4S2. The zero-order valence-corrected chi connectivity index (χ0v) is 19.7. The lowest BCUT2D eigenvalue weighted by Gasteiger charge is -2.37. The fourth-order valence-electron chi connectivity index (χ4n) is 3.32. The van der Waals surface area contributed by atoms with E-state index < -0.39 is 17.7 Å². The van der Waals surface area contributed by atoms with E-state index in [9.17, 15) is 19.2 Å². The van der Waals surface area contributed by atoms with Gasteiger partial charge in [-0.05, 0) is 58.2 Å². The Bertz CT molecular complexity index is 855. The molecule has 0 radical (unpaired) electrons. The van der Waals surface area contributed by atoms with Gasteiger partial charge >= 0.3 is 0 Å². The minimum absolute atomic E-state index is 0.00596. The maximum absolute atomic E-state index is 12.6. The summed E-state index contributed by atoms with van der Waals surface area (Å²) in [5, 5.41) is 0.423. The molecule has 2 rings (SSSR count). The van der Waals surface area contributed by atoms with E-state index in [2.05, 4.69) is 0 Å². The minimum atomic E-state index is -0.967. The van der Waals surface area contributed by atoms with E-state index in [0.29, 0.717) is 26.2 Å². The summed E-state index contributed by atoms with van der Waals surface area (Å²) in [6.45, 7) is 8.63. The molecule has 4 amide bonds. The molecule has 166 valence electrons. The number of carbonyl (C=O) groups excluding carboxylic acids is 4. The van der Waals surface area contributed by atoms with Crippen LogP contribution in [0.5, 0.6) is 0 Å². The lowest BCUT2D eigenvalue weighted by atomic mass is 10.0. The van der Waals surface area contributed by atoms with Gasteiger partial charge in [0.15, 0.2) is 10.2 Å². The van der Waals surface area contributed by atoms with E-state index in [1.807, 2.05) is 0 Å². The van der Waals surface area contributed by atoms with E-state index in [-0.39, 0.29) is 27.6 Å². The average molecular weight is 463 g/mol. The van der Waals surface area contributed by atoms with E-state index in [1.54, 1.807) is 39.8 Å².